The number of nitrogens with one attached hydrogen (secondary N) is 3. The summed E-state index contributed by atoms with van der Waals surface area (Å²) in [6.07, 6.45) is 3.09. The molecule has 0 aliphatic carbocycles. The Bertz CT molecular complexity index is 808. The molecule has 25 heavy (non-hydrogen) atoms. The van der Waals surface area contributed by atoms with Gasteiger partial charge in [0.25, 0.3) is 0 Å². The highest BCUT2D eigenvalue weighted by Gasteiger charge is 2.06. The van der Waals surface area contributed by atoms with Crippen LogP contribution in [0.5, 0.6) is 0 Å². The van der Waals surface area contributed by atoms with Crippen molar-refractivity contribution in [1.29, 1.82) is 0 Å². The molecule has 0 bridgehead atoms. The fourth-order valence-corrected chi connectivity index (χ4v) is 3.49. The number of aromatic amines is 1. The lowest BCUT2D eigenvalue weighted by atomic mass is 10.1. The van der Waals surface area contributed by atoms with Crippen LogP contribution in [0.15, 0.2) is 46.9 Å². The molecule has 3 N–H and O–H groups in total. The first-order chi connectivity index (χ1) is 11.8. The van der Waals surface area contributed by atoms with E-state index in [1.807, 2.05) is 0 Å². The lowest BCUT2D eigenvalue weighted by molar-refractivity contribution is 0.803. The molecule has 3 rings (SSSR count). The Kier molecular flexibility index (Phi) is 7.77. The van der Waals surface area contributed by atoms with Crippen LogP contribution in [0.2, 0.25) is 0 Å². The Morgan fingerprint density at radius 1 is 1.20 bits per heavy atom. The Morgan fingerprint density at radius 3 is 2.84 bits per heavy atom. The Hall–Kier alpha value is -1.54. The van der Waals surface area contributed by atoms with Crippen LogP contribution in [-0.4, -0.2) is 24.0 Å². The summed E-state index contributed by atoms with van der Waals surface area (Å²) < 4.78 is 0. The van der Waals surface area contributed by atoms with Crippen molar-refractivity contribution in [3.63, 3.8) is 0 Å². The maximum atomic E-state index is 4.65. The zero-order valence-electron chi connectivity index (χ0n) is 14.6. The molecule has 3 aromatic rings. The molecule has 0 atom stereocenters. The SMILES string of the molecule is CCNC(=NCc1cccs1)NCCc1c[nH]c2cccc(C)c12.I. The average Bonchev–Trinajstić information content (AvgIpc) is 3.23. The molecule has 2 heterocycles. The van der Waals surface area contributed by atoms with E-state index in [1.54, 1.807) is 11.3 Å². The van der Waals surface area contributed by atoms with Gasteiger partial charge in [0.05, 0.1) is 6.54 Å². The highest BCUT2D eigenvalue weighted by molar-refractivity contribution is 14.0. The summed E-state index contributed by atoms with van der Waals surface area (Å²) >= 11 is 1.74. The molecule has 2 aromatic heterocycles. The maximum Gasteiger partial charge on any atom is 0.191 e. The van der Waals surface area contributed by atoms with Crippen molar-refractivity contribution in [2.24, 2.45) is 4.99 Å². The quantitative estimate of drug-likeness (QED) is 0.285. The van der Waals surface area contributed by atoms with Gasteiger partial charge in [0.1, 0.15) is 0 Å². The number of guanidine groups is 1. The molecule has 0 unspecified atom stereocenters. The predicted octanol–water partition coefficient (Wildman–Crippen LogP) is 4.45. The fraction of sp³-hybridized carbons (Fsp3) is 0.316. The normalized spacial score (nSPS) is 11.4. The summed E-state index contributed by atoms with van der Waals surface area (Å²) in [4.78, 5) is 9.29. The van der Waals surface area contributed by atoms with Crippen molar-refractivity contribution in [1.82, 2.24) is 15.6 Å². The number of hydrogen-bond donors (Lipinski definition) is 3. The standard InChI is InChI=1S/C19H24N4S.HI/c1-3-20-19(23-13-16-7-5-11-24-16)21-10-9-15-12-22-17-8-4-6-14(2)18(15)17;/h4-8,11-12,22H,3,9-10,13H2,1-2H3,(H2,20,21,23);1H. The molecule has 0 radical (unpaired) electrons. The topological polar surface area (TPSA) is 52.2 Å². The number of thiophene rings is 1. The van der Waals surface area contributed by atoms with Gasteiger partial charge in [0.2, 0.25) is 0 Å². The molecular weight excluding hydrogens is 443 g/mol. The minimum absolute atomic E-state index is 0. The van der Waals surface area contributed by atoms with E-state index in [-0.39, 0.29) is 24.0 Å². The van der Waals surface area contributed by atoms with Gasteiger partial charge in [-0.1, -0.05) is 18.2 Å². The first-order valence-electron chi connectivity index (χ1n) is 8.38. The molecule has 4 nitrogen and oxygen atoms in total. The highest BCUT2D eigenvalue weighted by atomic mass is 127. The number of rotatable bonds is 6. The number of hydrogen-bond acceptors (Lipinski definition) is 2. The smallest absolute Gasteiger partial charge is 0.191 e. The van der Waals surface area contributed by atoms with Gasteiger partial charge < -0.3 is 15.6 Å². The largest absolute Gasteiger partial charge is 0.361 e. The maximum absolute atomic E-state index is 4.65. The Morgan fingerprint density at radius 2 is 2.08 bits per heavy atom. The lowest BCUT2D eigenvalue weighted by Crippen LogP contribution is -2.38. The number of aryl methyl sites for hydroxylation is 1. The highest BCUT2D eigenvalue weighted by Crippen LogP contribution is 2.22. The van der Waals surface area contributed by atoms with E-state index in [4.69, 9.17) is 0 Å². The minimum Gasteiger partial charge on any atom is -0.361 e. The first-order valence-corrected chi connectivity index (χ1v) is 9.26. The summed E-state index contributed by atoms with van der Waals surface area (Å²) in [6, 6.07) is 10.6. The molecule has 0 saturated carbocycles. The second-order valence-electron chi connectivity index (χ2n) is 5.76. The number of benzene rings is 1. The monoisotopic (exact) mass is 468 g/mol. The van der Waals surface area contributed by atoms with Gasteiger partial charge in [-0.25, -0.2) is 4.99 Å². The number of halogens is 1. The molecular formula is C19H25IN4S. The van der Waals surface area contributed by atoms with Crippen LogP contribution in [-0.2, 0) is 13.0 Å². The number of H-pyrrole nitrogens is 1. The lowest BCUT2D eigenvalue weighted by Gasteiger charge is -2.11. The van der Waals surface area contributed by atoms with Crippen LogP contribution in [0.25, 0.3) is 10.9 Å². The summed E-state index contributed by atoms with van der Waals surface area (Å²) in [7, 11) is 0. The van der Waals surface area contributed by atoms with Crippen molar-refractivity contribution < 1.29 is 0 Å². The summed E-state index contributed by atoms with van der Waals surface area (Å²) in [5, 5.41) is 10.2. The van der Waals surface area contributed by atoms with E-state index in [9.17, 15) is 0 Å². The van der Waals surface area contributed by atoms with Gasteiger partial charge in [-0.05, 0) is 48.9 Å². The van der Waals surface area contributed by atoms with Gasteiger partial charge >= 0.3 is 0 Å². The third kappa shape index (κ3) is 5.22. The molecule has 134 valence electrons. The van der Waals surface area contributed by atoms with Crippen molar-refractivity contribution in [2.45, 2.75) is 26.8 Å². The third-order valence-corrected chi connectivity index (χ3v) is 4.86. The van der Waals surface area contributed by atoms with Crippen LogP contribution in [0.4, 0.5) is 0 Å². The number of aliphatic imine (C=N–C) groups is 1. The minimum atomic E-state index is 0. The average molecular weight is 468 g/mol. The van der Waals surface area contributed by atoms with Crippen LogP contribution in [0, 0.1) is 6.92 Å². The van der Waals surface area contributed by atoms with E-state index in [0.717, 1.165) is 32.0 Å². The van der Waals surface area contributed by atoms with Gasteiger partial charge in [0.15, 0.2) is 5.96 Å². The molecule has 0 saturated heterocycles. The van der Waals surface area contributed by atoms with Crippen molar-refractivity contribution in [2.75, 3.05) is 13.1 Å². The number of fused-ring (bicyclic) bond motifs is 1. The van der Waals surface area contributed by atoms with E-state index >= 15 is 0 Å². The van der Waals surface area contributed by atoms with Crippen LogP contribution in [0.1, 0.15) is 22.9 Å². The van der Waals surface area contributed by atoms with Crippen molar-refractivity contribution >= 4 is 52.2 Å². The number of nitrogens with zero attached hydrogens (tertiary/aromatic N) is 1. The molecule has 0 aliphatic heterocycles. The van der Waals surface area contributed by atoms with E-state index in [2.05, 4.69) is 76.4 Å². The molecule has 0 spiro atoms. The van der Waals surface area contributed by atoms with Gasteiger partial charge in [-0.2, -0.15) is 0 Å². The van der Waals surface area contributed by atoms with Crippen LogP contribution >= 0.6 is 35.3 Å². The zero-order chi connectivity index (χ0) is 16.8. The molecule has 6 heteroatoms. The summed E-state index contributed by atoms with van der Waals surface area (Å²) in [5.74, 6) is 0.877. The van der Waals surface area contributed by atoms with Crippen molar-refractivity contribution in [3.8, 4) is 0 Å². The first kappa shape index (κ1) is 19.8. The second kappa shape index (κ2) is 9.82. The predicted molar refractivity (Wildman–Crippen MR) is 119 cm³/mol. The van der Waals surface area contributed by atoms with E-state index in [0.29, 0.717) is 0 Å². The van der Waals surface area contributed by atoms with Gasteiger partial charge in [-0.15, -0.1) is 35.3 Å². The fourth-order valence-electron chi connectivity index (χ4n) is 2.87. The molecule has 0 amide bonds. The molecule has 0 fully saturated rings. The Balaban J connectivity index is 0.00000225. The van der Waals surface area contributed by atoms with Crippen LogP contribution < -0.4 is 10.6 Å². The van der Waals surface area contributed by atoms with Gasteiger partial charge in [-0.3, -0.25) is 0 Å². The van der Waals surface area contributed by atoms with Gasteiger partial charge in [0, 0.05) is 35.1 Å². The number of aromatic nitrogens is 1. The second-order valence-corrected chi connectivity index (χ2v) is 6.79. The summed E-state index contributed by atoms with van der Waals surface area (Å²) in [6.45, 7) is 6.70. The van der Waals surface area contributed by atoms with Crippen LogP contribution in [0.3, 0.4) is 0 Å². The Labute approximate surface area is 170 Å². The molecule has 1 aromatic carbocycles. The summed E-state index contributed by atoms with van der Waals surface area (Å²) in [5.41, 5.74) is 3.88. The molecule has 0 aliphatic rings. The van der Waals surface area contributed by atoms with E-state index in [1.165, 1.54) is 26.9 Å². The third-order valence-electron chi connectivity index (χ3n) is 4.00. The van der Waals surface area contributed by atoms with Crippen molar-refractivity contribution in [3.05, 3.63) is 57.9 Å². The van der Waals surface area contributed by atoms with E-state index < -0.39 is 0 Å². The zero-order valence-corrected chi connectivity index (χ0v) is 17.8.